The molecule has 0 aliphatic carbocycles. The van der Waals surface area contributed by atoms with Gasteiger partial charge < -0.3 is 15.4 Å². The van der Waals surface area contributed by atoms with E-state index in [4.69, 9.17) is 10.5 Å². The van der Waals surface area contributed by atoms with Crippen LogP contribution in [0.2, 0.25) is 0 Å². The van der Waals surface area contributed by atoms with Crippen LogP contribution in [0.1, 0.15) is 5.56 Å². The summed E-state index contributed by atoms with van der Waals surface area (Å²) in [5.41, 5.74) is 5.49. The number of halogens is 2. The molecule has 1 aromatic carbocycles. The Bertz CT molecular complexity index is 439. The average Bonchev–Trinajstić information content (AvgIpc) is 2.65. The molecule has 92 valence electrons. The molecular weight excluding hydrogens is 230 g/mol. The molecule has 0 saturated carbocycles. The van der Waals surface area contributed by atoms with Crippen LogP contribution in [-0.2, 0) is 11.3 Å². The minimum atomic E-state index is -0.552. The van der Waals surface area contributed by atoms with Gasteiger partial charge in [-0.15, -0.1) is 0 Å². The number of rotatable bonds is 3. The summed E-state index contributed by atoms with van der Waals surface area (Å²) < 4.78 is 31.2. The summed E-state index contributed by atoms with van der Waals surface area (Å²) >= 11 is 0. The lowest BCUT2D eigenvalue weighted by atomic mass is 10.2. The molecule has 17 heavy (non-hydrogen) atoms. The summed E-state index contributed by atoms with van der Waals surface area (Å²) in [4.78, 5) is 12.7. The maximum absolute atomic E-state index is 13.4. The van der Waals surface area contributed by atoms with E-state index in [-0.39, 0.29) is 24.8 Å². The molecule has 1 unspecified atom stereocenters. The summed E-state index contributed by atoms with van der Waals surface area (Å²) in [6, 6.07) is 3.13. The maximum Gasteiger partial charge on any atom is 0.410 e. The highest BCUT2D eigenvalue weighted by Crippen LogP contribution is 2.17. The Balaban J connectivity index is 2.11. The predicted molar refractivity (Wildman–Crippen MR) is 56.1 cm³/mol. The number of amides is 1. The van der Waals surface area contributed by atoms with Gasteiger partial charge in [0.05, 0.1) is 13.1 Å². The molecule has 2 rings (SSSR count). The molecule has 0 spiro atoms. The number of nitrogens with zero attached hydrogens (tertiary/aromatic N) is 1. The highest BCUT2D eigenvalue weighted by Gasteiger charge is 2.30. The number of carbonyl (C=O) groups excluding carboxylic acids is 1. The normalized spacial score (nSPS) is 19.6. The third-order valence-electron chi connectivity index (χ3n) is 2.58. The molecule has 0 radical (unpaired) electrons. The molecule has 1 aromatic rings. The van der Waals surface area contributed by atoms with E-state index >= 15 is 0 Å². The van der Waals surface area contributed by atoms with E-state index in [0.29, 0.717) is 6.54 Å². The number of benzene rings is 1. The Labute approximate surface area is 97.0 Å². The second-order valence-corrected chi connectivity index (χ2v) is 3.86. The number of nitrogens with two attached hydrogens (primary N) is 1. The van der Waals surface area contributed by atoms with Crippen LogP contribution in [0.3, 0.4) is 0 Å². The van der Waals surface area contributed by atoms with Crippen molar-refractivity contribution in [2.45, 2.75) is 12.6 Å². The Kier molecular flexibility index (Phi) is 3.23. The fourth-order valence-corrected chi connectivity index (χ4v) is 1.70. The highest BCUT2D eigenvalue weighted by molar-refractivity contribution is 5.70. The lowest BCUT2D eigenvalue weighted by molar-refractivity contribution is 0.134. The molecule has 1 atom stereocenters. The van der Waals surface area contributed by atoms with E-state index < -0.39 is 17.7 Å². The molecule has 1 heterocycles. The summed E-state index contributed by atoms with van der Waals surface area (Å²) in [5, 5.41) is 0. The van der Waals surface area contributed by atoms with Gasteiger partial charge in [-0.25, -0.2) is 13.6 Å². The first kappa shape index (κ1) is 11.8. The van der Waals surface area contributed by atoms with Gasteiger partial charge in [0.1, 0.15) is 17.7 Å². The van der Waals surface area contributed by atoms with Gasteiger partial charge in [-0.1, -0.05) is 0 Å². The van der Waals surface area contributed by atoms with Gasteiger partial charge >= 0.3 is 6.09 Å². The molecule has 0 aromatic heterocycles. The Morgan fingerprint density at radius 2 is 2.24 bits per heavy atom. The van der Waals surface area contributed by atoms with Crippen molar-refractivity contribution >= 4 is 6.09 Å². The second-order valence-electron chi connectivity index (χ2n) is 3.86. The van der Waals surface area contributed by atoms with Crippen LogP contribution in [0.25, 0.3) is 0 Å². The lowest BCUT2D eigenvalue weighted by Gasteiger charge is -2.13. The van der Waals surface area contributed by atoms with Crippen LogP contribution in [0.5, 0.6) is 0 Å². The van der Waals surface area contributed by atoms with E-state index in [1.165, 1.54) is 4.90 Å². The first-order valence-electron chi connectivity index (χ1n) is 5.19. The standard InChI is InChI=1S/C11H12F2N2O2/c12-8-1-2-10(13)7(3-8)5-15-6-9(4-14)17-11(15)16/h1-3,9H,4-6,14H2. The van der Waals surface area contributed by atoms with Crippen molar-refractivity contribution < 1.29 is 18.3 Å². The van der Waals surface area contributed by atoms with Gasteiger partial charge in [0.25, 0.3) is 0 Å². The molecule has 1 aliphatic rings. The molecule has 6 heteroatoms. The minimum Gasteiger partial charge on any atom is -0.443 e. The van der Waals surface area contributed by atoms with E-state index in [9.17, 15) is 13.6 Å². The van der Waals surface area contributed by atoms with Gasteiger partial charge in [0.15, 0.2) is 0 Å². The van der Waals surface area contributed by atoms with Crippen LogP contribution in [0, 0.1) is 11.6 Å². The van der Waals surface area contributed by atoms with Gasteiger partial charge in [-0.3, -0.25) is 0 Å². The number of carbonyl (C=O) groups is 1. The summed E-state index contributed by atoms with van der Waals surface area (Å²) in [7, 11) is 0. The summed E-state index contributed by atoms with van der Waals surface area (Å²) in [6.07, 6.45) is -0.928. The highest BCUT2D eigenvalue weighted by atomic mass is 19.1. The van der Waals surface area contributed by atoms with E-state index in [1.54, 1.807) is 0 Å². The van der Waals surface area contributed by atoms with Crippen LogP contribution < -0.4 is 5.73 Å². The van der Waals surface area contributed by atoms with Crippen LogP contribution >= 0.6 is 0 Å². The minimum absolute atomic E-state index is 0.0150. The number of hydrogen-bond donors (Lipinski definition) is 1. The number of cyclic esters (lactones) is 1. The van der Waals surface area contributed by atoms with Gasteiger partial charge in [-0.05, 0) is 18.2 Å². The first-order valence-corrected chi connectivity index (χ1v) is 5.19. The van der Waals surface area contributed by atoms with Crippen molar-refractivity contribution in [3.8, 4) is 0 Å². The zero-order valence-electron chi connectivity index (χ0n) is 9.03. The third-order valence-corrected chi connectivity index (χ3v) is 2.58. The zero-order valence-corrected chi connectivity index (χ0v) is 9.03. The topological polar surface area (TPSA) is 55.6 Å². The van der Waals surface area contributed by atoms with Crippen molar-refractivity contribution in [3.05, 3.63) is 35.4 Å². The Morgan fingerprint density at radius 1 is 1.47 bits per heavy atom. The quantitative estimate of drug-likeness (QED) is 0.867. The monoisotopic (exact) mass is 242 g/mol. The fourth-order valence-electron chi connectivity index (χ4n) is 1.70. The summed E-state index contributed by atoms with van der Waals surface area (Å²) in [6.45, 7) is 0.498. The lowest BCUT2D eigenvalue weighted by Crippen LogP contribution is -2.27. The predicted octanol–water partition coefficient (Wildman–Crippen LogP) is 1.24. The van der Waals surface area contributed by atoms with Crippen LogP contribution in [-0.4, -0.2) is 30.2 Å². The Morgan fingerprint density at radius 3 is 2.88 bits per heavy atom. The number of hydrogen-bond acceptors (Lipinski definition) is 3. The van der Waals surface area contributed by atoms with E-state index in [2.05, 4.69) is 0 Å². The SMILES string of the molecule is NCC1CN(Cc2cc(F)ccc2F)C(=O)O1. The van der Waals surface area contributed by atoms with Crippen LogP contribution in [0.4, 0.5) is 13.6 Å². The van der Waals surface area contributed by atoms with E-state index in [0.717, 1.165) is 18.2 Å². The largest absolute Gasteiger partial charge is 0.443 e. The maximum atomic E-state index is 13.4. The molecule has 2 N–H and O–H groups in total. The fraction of sp³-hybridized carbons (Fsp3) is 0.364. The zero-order chi connectivity index (χ0) is 12.4. The molecule has 1 amide bonds. The van der Waals surface area contributed by atoms with Crippen molar-refractivity contribution in [1.82, 2.24) is 4.90 Å². The molecular formula is C11H12F2N2O2. The molecule has 4 nitrogen and oxygen atoms in total. The van der Waals surface area contributed by atoms with E-state index in [1.807, 2.05) is 0 Å². The molecule has 1 fully saturated rings. The van der Waals surface area contributed by atoms with Crippen molar-refractivity contribution in [2.75, 3.05) is 13.1 Å². The second kappa shape index (κ2) is 4.67. The first-order chi connectivity index (χ1) is 8.10. The van der Waals surface area contributed by atoms with Crippen molar-refractivity contribution in [3.63, 3.8) is 0 Å². The Hall–Kier alpha value is -1.69. The molecule has 0 bridgehead atoms. The van der Waals surface area contributed by atoms with Crippen molar-refractivity contribution in [2.24, 2.45) is 5.73 Å². The molecule has 1 aliphatic heterocycles. The van der Waals surface area contributed by atoms with Crippen LogP contribution in [0.15, 0.2) is 18.2 Å². The van der Waals surface area contributed by atoms with Gasteiger partial charge in [0.2, 0.25) is 0 Å². The third kappa shape index (κ3) is 2.52. The van der Waals surface area contributed by atoms with Crippen molar-refractivity contribution in [1.29, 1.82) is 0 Å². The smallest absolute Gasteiger partial charge is 0.410 e. The average molecular weight is 242 g/mol. The van der Waals surface area contributed by atoms with Gasteiger partial charge in [-0.2, -0.15) is 0 Å². The molecule has 1 saturated heterocycles. The number of ether oxygens (including phenoxy) is 1. The summed E-state index contributed by atoms with van der Waals surface area (Å²) in [5.74, 6) is -1.08. The van der Waals surface area contributed by atoms with Gasteiger partial charge in [0, 0.05) is 12.1 Å².